The third kappa shape index (κ3) is 1.61. The summed E-state index contributed by atoms with van der Waals surface area (Å²) in [5.74, 6) is 0.271. The topological polar surface area (TPSA) is 99.1 Å². The fourth-order valence-corrected chi connectivity index (χ4v) is 2.10. The first-order chi connectivity index (χ1) is 8.70. The summed E-state index contributed by atoms with van der Waals surface area (Å²) in [6.07, 6.45) is 0.439. The van der Waals surface area contributed by atoms with Crippen molar-refractivity contribution in [3.63, 3.8) is 0 Å². The summed E-state index contributed by atoms with van der Waals surface area (Å²) < 4.78 is 20.6. The first-order valence-electron chi connectivity index (χ1n) is 5.54. The molecule has 3 N–H and O–H groups in total. The van der Waals surface area contributed by atoms with Crippen molar-refractivity contribution in [2.45, 2.75) is 24.9 Å². The molecule has 96 valence electrons. The van der Waals surface area contributed by atoms with Crippen molar-refractivity contribution in [1.82, 2.24) is 19.5 Å². The summed E-state index contributed by atoms with van der Waals surface area (Å²) in [6.45, 7) is -0.346. The van der Waals surface area contributed by atoms with Gasteiger partial charge in [-0.1, -0.05) is 0 Å². The molecular formula is C10H12FN5O2. The maximum Gasteiger partial charge on any atom is 0.167 e. The van der Waals surface area contributed by atoms with Gasteiger partial charge < -0.3 is 15.6 Å². The number of nitrogen functional groups attached to an aromatic ring is 1. The summed E-state index contributed by atoms with van der Waals surface area (Å²) >= 11 is 0. The van der Waals surface area contributed by atoms with Crippen LogP contribution in [0, 0.1) is 0 Å². The average Bonchev–Trinajstić information content (AvgIpc) is 2.93. The number of imidazole rings is 1. The molecule has 1 aliphatic heterocycles. The molecule has 0 saturated carbocycles. The number of halogens is 1. The number of hydrogen-bond acceptors (Lipinski definition) is 6. The van der Waals surface area contributed by atoms with Crippen LogP contribution < -0.4 is 5.73 Å². The zero-order valence-corrected chi connectivity index (χ0v) is 9.40. The molecule has 18 heavy (non-hydrogen) atoms. The van der Waals surface area contributed by atoms with Gasteiger partial charge in [-0.2, -0.15) is 0 Å². The van der Waals surface area contributed by atoms with E-state index in [1.54, 1.807) is 4.57 Å². The fourth-order valence-electron chi connectivity index (χ4n) is 2.10. The summed E-state index contributed by atoms with van der Waals surface area (Å²) in [4.78, 5) is 12.0. The quantitative estimate of drug-likeness (QED) is 0.783. The Morgan fingerprint density at radius 3 is 3.06 bits per heavy atom. The van der Waals surface area contributed by atoms with Gasteiger partial charge in [-0.3, -0.25) is 4.57 Å². The van der Waals surface area contributed by atoms with Crippen LogP contribution in [0.25, 0.3) is 11.2 Å². The minimum absolute atomic E-state index is 0.153. The summed E-state index contributed by atoms with van der Waals surface area (Å²) in [6, 6.07) is 0. The Morgan fingerprint density at radius 1 is 1.50 bits per heavy atom. The van der Waals surface area contributed by atoms with E-state index in [9.17, 15) is 4.39 Å². The van der Waals surface area contributed by atoms with E-state index in [4.69, 9.17) is 15.6 Å². The Kier molecular flexibility index (Phi) is 2.60. The normalized spacial score (nSPS) is 28.0. The molecule has 8 heteroatoms. The SMILES string of the molecule is Nc1ncnc2c1ncn2[C@H]1C[C@@H](F)[C@@H](CO)O1. The zero-order valence-electron chi connectivity index (χ0n) is 9.40. The van der Waals surface area contributed by atoms with Crippen LogP contribution in [0.1, 0.15) is 12.6 Å². The van der Waals surface area contributed by atoms with E-state index < -0.39 is 18.5 Å². The number of aromatic nitrogens is 4. The lowest BCUT2D eigenvalue weighted by molar-refractivity contribution is -0.0323. The largest absolute Gasteiger partial charge is 0.394 e. The van der Waals surface area contributed by atoms with Crippen LogP contribution in [0.5, 0.6) is 0 Å². The number of nitrogens with zero attached hydrogens (tertiary/aromatic N) is 4. The highest BCUT2D eigenvalue weighted by Gasteiger charge is 2.36. The van der Waals surface area contributed by atoms with Gasteiger partial charge >= 0.3 is 0 Å². The third-order valence-corrected chi connectivity index (χ3v) is 3.04. The zero-order chi connectivity index (χ0) is 12.7. The molecule has 0 amide bonds. The highest BCUT2D eigenvalue weighted by atomic mass is 19.1. The molecule has 3 heterocycles. The Labute approximate surface area is 101 Å². The van der Waals surface area contributed by atoms with Gasteiger partial charge in [0, 0.05) is 6.42 Å². The van der Waals surface area contributed by atoms with Gasteiger partial charge in [0.2, 0.25) is 0 Å². The molecule has 0 aliphatic carbocycles. The van der Waals surface area contributed by atoms with Crippen LogP contribution in [0.4, 0.5) is 10.2 Å². The number of aliphatic hydroxyl groups excluding tert-OH is 1. The van der Waals surface area contributed by atoms with Gasteiger partial charge in [-0.25, -0.2) is 19.3 Å². The van der Waals surface area contributed by atoms with Gasteiger partial charge in [0.25, 0.3) is 0 Å². The Hall–Kier alpha value is -1.80. The predicted molar refractivity (Wildman–Crippen MR) is 60.2 cm³/mol. The molecule has 1 saturated heterocycles. The second kappa shape index (κ2) is 4.14. The standard InChI is InChI=1S/C10H12FN5O2/c11-5-1-7(18-6(5)2-17)16-4-15-8-9(12)13-3-14-10(8)16/h3-7,17H,1-2H2,(H2,12,13,14)/t5-,6-,7-/m1/s1. The van der Waals surface area contributed by atoms with Gasteiger partial charge in [0.1, 0.15) is 30.3 Å². The molecule has 1 aliphatic rings. The van der Waals surface area contributed by atoms with Crippen LogP contribution in [0.15, 0.2) is 12.7 Å². The maximum atomic E-state index is 13.5. The molecule has 1 fully saturated rings. The van der Waals surface area contributed by atoms with Crippen LogP contribution >= 0.6 is 0 Å². The minimum Gasteiger partial charge on any atom is -0.394 e. The second-order valence-electron chi connectivity index (χ2n) is 4.15. The molecule has 0 bridgehead atoms. The number of anilines is 1. The lowest BCUT2D eigenvalue weighted by atomic mass is 10.2. The van der Waals surface area contributed by atoms with Gasteiger partial charge in [-0.05, 0) is 0 Å². The van der Waals surface area contributed by atoms with E-state index in [-0.39, 0.29) is 18.8 Å². The van der Waals surface area contributed by atoms with Crippen LogP contribution in [0.2, 0.25) is 0 Å². The highest BCUT2D eigenvalue weighted by molar-refractivity contribution is 5.81. The van der Waals surface area contributed by atoms with Crippen LogP contribution in [0.3, 0.4) is 0 Å². The monoisotopic (exact) mass is 253 g/mol. The van der Waals surface area contributed by atoms with Crippen molar-refractivity contribution < 1.29 is 14.2 Å². The predicted octanol–water partition coefficient (Wildman–Crippen LogP) is 0.0264. The second-order valence-corrected chi connectivity index (χ2v) is 4.15. The van der Waals surface area contributed by atoms with E-state index in [1.807, 2.05) is 0 Å². The van der Waals surface area contributed by atoms with Crippen molar-refractivity contribution in [2.24, 2.45) is 0 Å². The molecule has 0 radical (unpaired) electrons. The Bertz CT molecular complexity index is 574. The smallest absolute Gasteiger partial charge is 0.167 e. The highest BCUT2D eigenvalue weighted by Crippen LogP contribution is 2.32. The molecule has 0 aromatic carbocycles. The van der Waals surface area contributed by atoms with E-state index in [1.165, 1.54) is 12.7 Å². The number of ether oxygens (including phenoxy) is 1. The fraction of sp³-hybridized carbons (Fsp3) is 0.500. The third-order valence-electron chi connectivity index (χ3n) is 3.04. The molecule has 0 unspecified atom stereocenters. The number of hydrogen-bond donors (Lipinski definition) is 2. The first-order valence-corrected chi connectivity index (χ1v) is 5.54. The number of nitrogens with two attached hydrogens (primary N) is 1. The van der Waals surface area contributed by atoms with Crippen molar-refractivity contribution in [3.05, 3.63) is 12.7 Å². The molecule has 3 atom stereocenters. The summed E-state index contributed by atoms with van der Waals surface area (Å²) in [5.41, 5.74) is 6.63. The van der Waals surface area contributed by atoms with Crippen molar-refractivity contribution in [2.75, 3.05) is 12.3 Å². The molecular weight excluding hydrogens is 241 g/mol. The van der Waals surface area contributed by atoms with Crippen molar-refractivity contribution in [3.8, 4) is 0 Å². The van der Waals surface area contributed by atoms with E-state index in [0.717, 1.165) is 0 Å². The minimum atomic E-state index is -1.20. The number of rotatable bonds is 2. The average molecular weight is 253 g/mol. The Morgan fingerprint density at radius 2 is 2.33 bits per heavy atom. The molecule has 3 rings (SSSR count). The van der Waals surface area contributed by atoms with Crippen LogP contribution in [-0.2, 0) is 4.74 Å². The van der Waals surface area contributed by atoms with Gasteiger partial charge in [0.15, 0.2) is 11.5 Å². The lowest BCUT2D eigenvalue weighted by Crippen LogP contribution is -2.21. The number of alkyl halides is 1. The Balaban J connectivity index is 1.99. The van der Waals surface area contributed by atoms with Crippen LogP contribution in [-0.4, -0.2) is 43.5 Å². The summed E-state index contributed by atoms with van der Waals surface area (Å²) in [5, 5.41) is 8.97. The molecule has 7 nitrogen and oxygen atoms in total. The summed E-state index contributed by atoms with van der Waals surface area (Å²) in [7, 11) is 0. The van der Waals surface area contributed by atoms with Crippen molar-refractivity contribution in [1.29, 1.82) is 0 Å². The van der Waals surface area contributed by atoms with Gasteiger partial charge in [-0.15, -0.1) is 0 Å². The molecule has 2 aromatic rings. The number of aliphatic hydroxyl groups is 1. The lowest BCUT2D eigenvalue weighted by Gasteiger charge is -2.13. The molecule has 2 aromatic heterocycles. The van der Waals surface area contributed by atoms with E-state index in [0.29, 0.717) is 11.2 Å². The first kappa shape index (κ1) is 11.3. The molecule has 0 spiro atoms. The maximum absolute atomic E-state index is 13.5. The van der Waals surface area contributed by atoms with Crippen molar-refractivity contribution >= 4 is 17.0 Å². The number of fused-ring (bicyclic) bond motifs is 1. The van der Waals surface area contributed by atoms with E-state index >= 15 is 0 Å². The van der Waals surface area contributed by atoms with E-state index in [2.05, 4.69) is 15.0 Å². The van der Waals surface area contributed by atoms with Gasteiger partial charge in [0.05, 0.1) is 12.9 Å².